The van der Waals surface area contributed by atoms with E-state index >= 15 is 0 Å². The summed E-state index contributed by atoms with van der Waals surface area (Å²) in [6, 6.07) is 5.88. The Kier molecular flexibility index (Phi) is 2.85. The van der Waals surface area contributed by atoms with Gasteiger partial charge in [0.25, 0.3) is 5.56 Å². The van der Waals surface area contributed by atoms with Crippen LogP contribution in [0.2, 0.25) is 0 Å². The van der Waals surface area contributed by atoms with Crippen LogP contribution in [0.3, 0.4) is 0 Å². The molecular weight excluding hydrogens is 236 g/mol. The molecular formula is C12H10N2O4. The number of benzene rings is 1. The number of aromatic nitrogens is 2. The molecule has 0 aliphatic carbocycles. The molecule has 0 saturated carbocycles. The van der Waals surface area contributed by atoms with E-state index in [1.165, 1.54) is 37.5 Å². The Morgan fingerprint density at radius 3 is 2.44 bits per heavy atom. The van der Waals surface area contributed by atoms with E-state index in [-0.39, 0.29) is 16.9 Å². The number of carboxylic acid groups (broad SMARTS) is 1. The van der Waals surface area contributed by atoms with Gasteiger partial charge in [-0.05, 0) is 17.7 Å². The Morgan fingerprint density at radius 2 is 1.89 bits per heavy atom. The molecule has 0 aliphatic heterocycles. The number of carbonyl (C=O) groups is 1. The summed E-state index contributed by atoms with van der Waals surface area (Å²) in [6.45, 7) is 0. The first-order chi connectivity index (χ1) is 8.50. The van der Waals surface area contributed by atoms with E-state index in [2.05, 4.69) is 5.10 Å². The van der Waals surface area contributed by atoms with Crippen molar-refractivity contribution in [2.24, 2.45) is 7.05 Å². The molecule has 0 bridgehead atoms. The largest absolute Gasteiger partial charge is 0.508 e. The first-order valence-corrected chi connectivity index (χ1v) is 5.09. The molecule has 0 radical (unpaired) electrons. The summed E-state index contributed by atoms with van der Waals surface area (Å²) in [6.07, 6.45) is 1.32. The van der Waals surface area contributed by atoms with Crippen molar-refractivity contribution >= 4 is 5.97 Å². The van der Waals surface area contributed by atoms with Gasteiger partial charge in [-0.25, -0.2) is 9.48 Å². The quantitative estimate of drug-likeness (QED) is 0.819. The van der Waals surface area contributed by atoms with Crippen LogP contribution in [-0.4, -0.2) is 26.0 Å². The second kappa shape index (κ2) is 4.33. The molecule has 6 nitrogen and oxygen atoms in total. The van der Waals surface area contributed by atoms with Crippen molar-refractivity contribution in [1.82, 2.24) is 9.78 Å². The van der Waals surface area contributed by atoms with Gasteiger partial charge in [0.15, 0.2) is 0 Å². The van der Waals surface area contributed by atoms with Crippen molar-refractivity contribution in [1.29, 1.82) is 0 Å². The van der Waals surface area contributed by atoms with Gasteiger partial charge in [-0.15, -0.1) is 0 Å². The van der Waals surface area contributed by atoms with E-state index in [9.17, 15) is 14.7 Å². The molecule has 0 atom stereocenters. The van der Waals surface area contributed by atoms with Gasteiger partial charge in [-0.2, -0.15) is 5.10 Å². The summed E-state index contributed by atoms with van der Waals surface area (Å²) in [5, 5.41) is 22.1. The van der Waals surface area contributed by atoms with Crippen LogP contribution in [0.4, 0.5) is 0 Å². The number of hydrogen-bond donors (Lipinski definition) is 2. The first kappa shape index (κ1) is 11.8. The number of rotatable bonds is 2. The lowest BCUT2D eigenvalue weighted by atomic mass is 10.0. The van der Waals surface area contributed by atoms with Gasteiger partial charge in [0, 0.05) is 12.6 Å². The van der Waals surface area contributed by atoms with E-state index < -0.39 is 11.5 Å². The van der Waals surface area contributed by atoms with Gasteiger partial charge in [0.2, 0.25) is 0 Å². The monoisotopic (exact) mass is 246 g/mol. The zero-order chi connectivity index (χ0) is 13.3. The number of carboxylic acids is 1. The van der Waals surface area contributed by atoms with Gasteiger partial charge < -0.3 is 10.2 Å². The molecule has 0 aliphatic rings. The zero-order valence-corrected chi connectivity index (χ0v) is 9.49. The fourth-order valence-corrected chi connectivity index (χ4v) is 1.60. The molecule has 1 heterocycles. The SMILES string of the molecule is Cn1ncc(-c2ccc(O)cc2)c(C(=O)O)c1=O. The Hall–Kier alpha value is -2.63. The number of phenolic OH excluding ortho intramolecular Hbond substituents is 1. The van der Waals surface area contributed by atoms with Crippen LogP contribution in [0.5, 0.6) is 5.75 Å². The predicted molar refractivity (Wildman–Crippen MR) is 63.5 cm³/mol. The first-order valence-electron chi connectivity index (χ1n) is 5.09. The average molecular weight is 246 g/mol. The van der Waals surface area contributed by atoms with Gasteiger partial charge in [0.1, 0.15) is 11.3 Å². The fourth-order valence-electron chi connectivity index (χ4n) is 1.60. The van der Waals surface area contributed by atoms with Crippen molar-refractivity contribution in [3.63, 3.8) is 0 Å². The number of aromatic carboxylic acids is 1. The second-order valence-electron chi connectivity index (χ2n) is 3.71. The highest BCUT2D eigenvalue weighted by Crippen LogP contribution is 2.22. The molecule has 0 unspecified atom stereocenters. The Morgan fingerprint density at radius 1 is 1.28 bits per heavy atom. The highest BCUT2D eigenvalue weighted by atomic mass is 16.4. The number of phenols is 1. The maximum atomic E-state index is 11.7. The third-order valence-corrected chi connectivity index (χ3v) is 2.53. The number of hydrogen-bond acceptors (Lipinski definition) is 4. The van der Waals surface area contributed by atoms with Crippen molar-refractivity contribution in [3.8, 4) is 16.9 Å². The van der Waals surface area contributed by atoms with Crippen LogP contribution < -0.4 is 5.56 Å². The maximum Gasteiger partial charge on any atom is 0.342 e. The lowest BCUT2D eigenvalue weighted by Crippen LogP contribution is -2.27. The average Bonchev–Trinajstić information content (AvgIpc) is 2.33. The van der Waals surface area contributed by atoms with Crippen molar-refractivity contribution in [3.05, 3.63) is 46.4 Å². The predicted octanol–water partition coefficient (Wildman–Crippen LogP) is 0.851. The molecule has 1 aromatic heterocycles. The summed E-state index contributed by atoms with van der Waals surface area (Å²) in [5.74, 6) is -1.24. The minimum Gasteiger partial charge on any atom is -0.508 e. The maximum absolute atomic E-state index is 11.7. The Bertz CT molecular complexity index is 659. The van der Waals surface area contributed by atoms with Gasteiger partial charge in [-0.3, -0.25) is 4.79 Å². The van der Waals surface area contributed by atoms with Gasteiger partial charge >= 0.3 is 5.97 Å². The normalized spacial score (nSPS) is 10.3. The van der Waals surface area contributed by atoms with Gasteiger partial charge in [-0.1, -0.05) is 12.1 Å². The summed E-state index contributed by atoms with van der Waals surface area (Å²) in [4.78, 5) is 22.9. The molecule has 92 valence electrons. The van der Waals surface area contributed by atoms with Gasteiger partial charge in [0.05, 0.1) is 6.20 Å². The smallest absolute Gasteiger partial charge is 0.342 e. The summed E-state index contributed by atoms with van der Waals surface area (Å²) in [5.41, 5.74) is -0.271. The third-order valence-electron chi connectivity index (χ3n) is 2.53. The summed E-state index contributed by atoms with van der Waals surface area (Å²) in [7, 11) is 1.38. The Balaban J connectivity index is 2.72. The highest BCUT2D eigenvalue weighted by molar-refractivity contribution is 5.95. The molecule has 18 heavy (non-hydrogen) atoms. The van der Waals surface area contributed by atoms with Crippen molar-refractivity contribution in [2.75, 3.05) is 0 Å². The molecule has 1 aromatic carbocycles. The third kappa shape index (κ3) is 1.95. The summed E-state index contributed by atoms with van der Waals surface area (Å²) < 4.78 is 0.966. The molecule has 0 amide bonds. The molecule has 0 saturated heterocycles. The number of nitrogens with zero attached hydrogens (tertiary/aromatic N) is 2. The van der Waals surface area contributed by atoms with Crippen LogP contribution in [0.15, 0.2) is 35.3 Å². The molecule has 0 fully saturated rings. The van der Waals surface area contributed by atoms with Crippen molar-refractivity contribution in [2.45, 2.75) is 0 Å². The van der Waals surface area contributed by atoms with Crippen LogP contribution in [0, 0.1) is 0 Å². The highest BCUT2D eigenvalue weighted by Gasteiger charge is 2.18. The lowest BCUT2D eigenvalue weighted by molar-refractivity contribution is 0.0694. The topological polar surface area (TPSA) is 92.4 Å². The minimum absolute atomic E-state index is 0.0624. The van der Waals surface area contributed by atoms with Crippen molar-refractivity contribution < 1.29 is 15.0 Å². The lowest BCUT2D eigenvalue weighted by Gasteiger charge is -2.06. The van der Waals surface area contributed by atoms with Crippen LogP contribution in [-0.2, 0) is 7.05 Å². The van der Waals surface area contributed by atoms with E-state index in [0.717, 1.165) is 4.68 Å². The minimum atomic E-state index is -1.30. The van der Waals surface area contributed by atoms with E-state index in [1.807, 2.05) is 0 Å². The van der Waals surface area contributed by atoms with E-state index in [0.29, 0.717) is 5.56 Å². The molecule has 6 heteroatoms. The summed E-state index contributed by atoms with van der Waals surface area (Å²) >= 11 is 0. The Labute approximate surface area is 102 Å². The number of aromatic hydroxyl groups is 1. The molecule has 2 N–H and O–H groups in total. The van der Waals surface area contributed by atoms with E-state index in [4.69, 9.17) is 5.11 Å². The van der Waals surface area contributed by atoms with Crippen LogP contribution >= 0.6 is 0 Å². The van der Waals surface area contributed by atoms with Crippen LogP contribution in [0.25, 0.3) is 11.1 Å². The molecule has 0 spiro atoms. The number of aryl methyl sites for hydroxylation is 1. The zero-order valence-electron chi connectivity index (χ0n) is 9.49. The standard InChI is InChI=1S/C12H10N2O4/c1-14-11(16)10(12(17)18)9(6-13-14)7-2-4-8(15)5-3-7/h2-6,15H,1H3,(H,17,18). The molecule has 2 aromatic rings. The molecule has 2 rings (SSSR count). The second-order valence-corrected chi connectivity index (χ2v) is 3.71. The van der Waals surface area contributed by atoms with E-state index in [1.54, 1.807) is 0 Å². The fraction of sp³-hybridized carbons (Fsp3) is 0.0833. The van der Waals surface area contributed by atoms with Crippen LogP contribution in [0.1, 0.15) is 10.4 Å².